The van der Waals surface area contributed by atoms with Crippen molar-refractivity contribution in [3.05, 3.63) is 36.2 Å². The number of methoxy groups -OCH3 is 3. The third-order valence-electron chi connectivity index (χ3n) is 4.46. The maximum atomic E-state index is 13.1. The van der Waals surface area contributed by atoms with Crippen molar-refractivity contribution in [1.29, 1.82) is 0 Å². The number of hydrogen-bond acceptors (Lipinski definition) is 6. The number of hydrogen-bond donors (Lipinski definition) is 0. The Kier molecular flexibility index (Phi) is 5.61. The second-order valence-corrected chi connectivity index (χ2v) is 7.05. The molecule has 140 valence electrons. The van der Waals surface area contributed by atoms with E-state index in [4.69, 9.17) is 14.2 Å². The summed E-state index contributed by atoms with van der Waals surface area (Å²) in [4.78, 5) is 14.9. The summed E-state index contributed by atoms with van der Waals surface area (Å²) >= 11 is 1.71. The third kappa shape index (κ3) is 3.33. The van der Waals surface area contributed by atoms with Crippen LogP contribution in [0.5, 0.6) is 17.2 Å². The lowest BCUT2D eigenvalue weighted by molar-refractivity contribution is -0.134. The maximum absolute atomic E-state index is 13.1. The normalized spacial score (nSPS) is 17.8. The molecule has 7 nitrogen and oxygen atoms in total. The van der Waals surface area contributed by atoms with E-state index in [9.17, 15) is 4.79 Å². The van der Waals surface area contributed by atoms with Crippen LogP contribution < -0.4 is 14.2 Å². The van der Waals surface area contributed by atoms with Crippen LogP contribution in [0.4, 0.5) is 0 Å². The van der Waals surface area contributed by atoms with E-state index in [0.29, 0.717) is 23.8 Å². The van der Waals surface area contributed by atoms with E-state index in [1.165, 1.54) is 0 Å². The molecule has 8 heteroatoms. The zero-order valence-corrected chi connectivity index (χ0v) is 16.2. The second kappa shape index (κ2) is 7.90. The van der Waals surface area contributed by atoms with Gasteiger partial charge in [0.2, 0.25) is 5.91 Å². The number of benzene rings is 1. The maximum Gasteiger partial charge on any atom is 0.248 e. The highest BCUT2D eigenvalue weighted by Crippen LogP contribution is 2.46. The van der Waals surface area contributed by atoms with Crippen molar-refractivity contribution in [2.24, 2.45) is 0 Å². The van der Waals surface area contributed by atoms with Gasteiger partial charge in [-0.3, -0.25) is 9.48 Å². The van der Waals surface area contributed by atoms with Gasteiger partial charge in [-0.2, -0.15) is 5.10 Å². The molecule has 1 saturated heterocycles. The largest absolute Gasteiger partial charge is 0.496 e. The Morgan fingerprint density at radius 1 is 1.19 bits per heavy atom. The molecule has 1 aromatic heterocycles. The van der Waals surface area contributed by atoms with Crippen LogP contribution in [0, 0.1) is 0 Å². The first-order valence-electron chi connectivity index (χ1n) is 8.31. The van der Waals surface area contributed by atoms with Gasteiger partial charge in [0.25, 0.3) is 0 Å². The summed E-state index contributed by atoms with van der Waals surface area (Å²) in [6.45, 7) is 2.54. The monoisotopic (exact) mass is 377 g/mol. The first-order valence-corrected chi connectivity index (χ1v) is 9.36. The van der Waals surface area contributed by atoms with E-state index in [0.717, 1.165) is 11.3 Å². The molecule has 1 fully saturated rings. The summed E-state index contributed by atoms with van der Waals surface area (Å²) in [5, 5.41) is 4.05. The lowest BCUT2D eigenvalue weighted by atomic mass is 10.1. The number of amides is 1. The second-order valence-electron chi connectivity index (χ2n) is 5.87. The van der Waals surface area contributed by atoms with Crippen LogP contribution in [-0.4, -0.2) is 54.2 Å². The highest BCUT2D eigenvalue weighted by Gasteiger charge is 2.36. The lowest BCUT2D eigenvalue weighted by Crippen LogP contribution is -2.36. The molecule has 2 heterocycles. The van der Waals surface area contributed by atoms with Crippen LogP contribution in [0.25, 0.3) is 0 Å². The summed E-state index contributed by atoms with van der Waals surface area (Å²) in [5.74, 6) is 2.77. The minimum Gasteiger partial charge on any atom is -0.496 e. The summed E-state index contributed by atoms with van der Waals surface area (Å²) in [6, 6.07) is 5.14. The molecule has 26 heavy (non-hydrogen) atoms. The van der Waals surface area contributed by atoms with Gasteiger partial charge in [-0.1, -0.05) is 0 Å². The zero-order chi connectivity index (χ0) is 18.7. The van der Waals surface area contributed by atoms with Gasteiger partial charge in [0, 0.05) is 36.3 Å². The number of carbonyl (C=O) groups excluding carboxylic acids is 1. The van der Waals surface area contributed by atoms with Crippen molar-refractivity contribution in [2.75, 3.05) is 33.6 Å². The van der Waals surface area contributed by atoms with E-state index >= 15 is 0 Å². The van der Waals surface area contributed by atoms with Crippen molar-refractivity contribution in [1.82, 2.24) is 14.7 Å². The SMILES string of the molecule is COc1cc(OC)c(C2SCCN2C(=O)C(C)n2cccn2)cc1OC. The van der Waals surface area contributed by atoms with Crippen molar-refractivity contribution < 1.29 is 19.0 Å². The quantitative estimate of drug-likeness (QED) is 0.771. The molecule has 2 unspecified atom stereocenters. The smallest absolute Gasteiger partial charge is 0.248 e. The summed E-state index contributed by atoms with van der Waals surface area (Å²) in [7, 11) is 4.80. The van der Waals surface area contributed by atoms with Gasteiger partial charge in [-0.05, 0) is 19.1 Å². The molecule has 0 N–H and O–H groups in total. The fourth-order valence-electron chi connectivity index (χ4n) is 3.06. The molecule has 2 aromatic rings. The minimum atomic E-state index is -0.364. The molecule has 0 saturated carbocycles. The Morgan fingerprint density at radius 3 is 2.50 bits per heavy atom. The van der Waals surface area contributed by atoms with Gasteiger partial charge in [0.1, 0.15) is 17.2 Å². The van der Waals surface area contributed by atoms with E-state index in [1.807, 2.05) is 24.0 Å². The predicted octanol–water partition coefficient (Wildman–Crippen LogP) is 2.74. The fraction of sp³-hybridized carbons (Fsp3) is 0.444. The van der Waals surface area contributed by atoms with Crippen LogP contribution in [0.3, 0.4) is 0 Å². The molecule has 0 radical (unpaired) electrons. The van der Waals surface area contributed by atoms with E-state index in [-0.39, 0.29) is 17.3 Å². The van der Waals surface area contributed by atoms with Crippen LogP contribution in [0.15, 0.2) is 30.6 Å². The van der Waals surface area contributed by atoms with E-state index in [2.05, 4.69) is 5.10 Å². The Balaban J connectivity index is 1.93. The van der Waals surface area contributed by atoms with Crippen molar-refractivity contribution in [3.63, 3.8) is 0 Å². The molecule has 3 rings (SSSR count). The van der Waals surface area contributed by atoms with Crippen LogP contribution in [-0.2, 0) is 4.79 Å². The standard InChI is InChI=1S/C18H23N3O4S/c1-12(21-7-5-6-19-21)17(22)20-8-9-26-18(20)13-10-15(24-3)16(25-4)11-14(13)23-2/h5-7,10-12,18H,8-9H2,1-4H3. The van der Waals surface area contributed by atoms with Gasteiger partial charge in [-0.15, -0.1) is 11.8 Å². The van der Waals surface area contributed by atoms with Crippen LogP contribution in [0.2, 0.25) is 0 Å². The van der Waals surface area contributed by atoms with Crippen molar-refractivity contribution in [2.45, 2.75) is 18.3 Å². The number of rotatable bonds is 6. The van der Waals surface area contributed by atoms with Gasteiger partial charge < -0.3 is 19.1 Å². The fourth-order valence-corrected chi connectivity index (χ4v) is 4.34. The molecule has 0 spiro atoms. The summed E-state index contributed by atoms with van der Waals surface area (Å²) < 4.78 is 18.0. The molecule has 2 atom stereocenters. The van der Waals surface area contributed by atoms with Gasteiger partial charge in [-0.25, -0.2) is 0 Å². The minimum absolute atomic E-state index is 0.0283. The number of ether oxygens (including phenoxy) is 3. The molecule has 1 aliphatic rings. The van der Waals surface area contributed by atoms with Gasteiger partial charge >= 0.3 is 0 Å². The number of thioether (sulfide) groups is 1. The lowest BCUT2D eigenvalue weighted by Gasteiger charge is -2.28. The van der Waals surface area contributed by atoms with Crippen molar-refractivity contribution >= 4 is 17.7 Å². The molecule has 0 aliphatic carbocycles. The number of aromatic nitrogens is 2. The molecular formula is C18H23N3O4S. The number of carbonyl (C=O) groups is 1. The highest BCUT2D eigenvalue weighted by molar-refractivity contribution is 7.99. The molecule has 0 bridgehead atoms. The Hall–Kier alpha value is -2.35. The highest BCUT2D eigenvalue weighted by atomic mass is 32.2. The number of nitrogens with zero attached hydrogens (tertiary/aromatic N) is 3. The van der Waals surface area contributed by atoms with E-state index in [1.54, 1.807) is 56.2 Å². The molecule has 1 aromatic carbocycles. The summed E-state index contributed by atoms with van der Waals surface area (Å²) in [5.41, 5.74) is 0.897. The first kappa shape index (κ1) is 18.4. The van der Waals surface area contributed by atoms with Gasteiger partial charge in [0.05, 0.1) is 21.3 Å². The van der Waals surface area contributed by atoms with Crippen LogP contribution >= 0.6 is 11.8 Å². The average molecular weight is 377 g/mol. The Bertz CT molecular complexity index is 766. The Morgan fingerprint density at radius 2 is 1.88 bits per heavy atom. The summed E-state index contributed by atoms with van der Waals surface area (Å²) in [6.07, 6.45) is 3.48. The molecule has 1 aliphatic heterocycles. The molecule has 1 amide bonds. The van der Waals surface area contributed by atoms with Crippen LogP contribution in [0.1, 0.15) is 23.9 Å². The predicted molar refractivity (Wildman–Crippen MR) is 99.9 cm³/mol. The molecular weight excluding hydrogens is 354 g/mol. The van der Waals surface area contributed by atoms with Crippen molar-refractivity contribution in [3.8, 4) is 17.2 Å². The topological polar surface area (TPSA) is 65.8 Å². The Labute approximate surface area is 157 Å². The van der Waals surface area contributed by atoms with E-state index < -0.39 is 0 Å². The third-order valence-corrected chi connectivity index (χ3v) is 5.70. The average Bonchev–Trinajstić information content (AvgIpc) is 3.37. The zero-order valence-electron chi connectivity index (χ0n) is 15.3. The first-order chi connectivity index (χ1) is 12.6. The van der Waals surface area contributed by atoms with Gasteiger partial charge in [0.15, 0.2) is 11.5 Å².